The summed E-state index contributed by atoms with van der Waals surface area (Å²) in [7, 11) is -4.03. The standard InChI is InChI=1S/C13H15N7O3S/c1-3-18(4-2)13(21)20-9-15-12(17-20)24(22,23)10-8-16-19-7-5-6-14-11(10)19/h5-9H,3-4H2,1-2H3. The van der Waals surface area contributed by atoms with Gasteiger partial charge in [0, 0.05) is 25.5 Å². The molecule has 10 nitrogen and oxygen atoms in total. The zero-order chi connectivity index (χ0) is 17.3. The molecule has 3 rings (SSSR count). The predicted octanol–water partition coefficient (Wildman–Crippen LogP) is 0.463. The van der Waals surface area contributed by atoms with Crippen molar-refractivity contribution < 1.29 is 13.2 Å². The molecule has 24 heavy (non-hydrogen) atoms. The Morgan fingerprint density at radius 3 is 2.71 bits per heavy atom. The van der Waals surface area contributed by atoms with Crippen molar-refractivity contribution in [3.8, 4) is 0 Å². The number of sulfone groups is 1. The van der Waals surface area contributed by atoms with E-state index in [-0.39, 0.29) is 10.5 Å². The van der Waals surface area contributed by atoms with Crippen LogP contribution >= 0.6 is 0 Å². The average Bonchev–Trinajstić information content (AvgIpc) is 3.23. The van der Waals surface area contributed by atoms with Gasteiger partial charge in [0.1, 0.15) is 11.2 Å². The molecule has 3 heterocycles. The van der Waals surface area contributed by atoms with Gasteiger partial charge in [0.05, 0.1) is 6.20 Å². The third-order valence-electron chi connectivity index (χ3n) is 3.48. The molecule has 0 unspecified atom stereocenters. The van der Waals surface area contributed by atoms with E-state index in [4.69, 9.17) is 0 Å². The zero-order valence-corrected chi connectivity index (χ0v) is 13.9. The first-order valence-corrected chi connectivity index (χ1v) is 8.71. The lowest BCUT2D eigenvalue weighted by molar-refractivity contribution is 0.201. The lowest BCUT2D eigenvalue weighted by Gasteiger charge is -2.17. The molecule has 0 N–H and O–H groups in total. The van der Waals surface area contributed by atoms with Gasteiger partial charge in [0.15, 0.2) is 5.65 Å². The normalized spacial score (nSPS) is 11.8. The van der Waals surface area contributed by atoms with E-state index in [1.807, 2.05) is 13.8 Å². The zero-order valence-electron chi connectivity index (χ0n) is 13.1. The Bertz CT molecular complexity index is 988. The Labute approximate surface area is 137 Å². The summed E-state index contributed by atoms with van der Waals surface area (Å²) in [4.78, 5) is 21.4. The number of nitrogens with zero attached hydrogens (tertiary/aromatic N) is 7. The summed E-state index contributed by atoms with van der Waals surface area (Å²) in [6, 6.07) is 1.19. The Morgan fingerprint density at radius 1 is 1.25 bits per heavy atom. The average molecular weight is 349 g/mol. The van der Waals surface area contributed by atoms with Crippen LogP contribution in [-0.4, -0.2) is 61.8 Å². The van der Waals surface area contributed by atoms with Crippen molar-refractivity contribution in [2.75, 3.05) is 13.1 Å². The van der Waals surface area contributed by atoms with Crippen LogP contribution in [0.25, 0.3) is 5.65 Å². The molecular weight excluding hydrogens is 334 g/mol. The fraction of sp³-hybridized carbons (Fsp3) is 0.308. The largest absolute Gasteiger partial charge is 0.346 e. The first-order valence-electron chi connectivity index (χ1n) is 7.23. The number of rotatable bonds is 4. The van der Waals surface area contributed by atoms with Crippen LogP contribution in [0.5, 0.6) is 0 Å². The first-order chi connectivity index (χ1) is 11.5. The van der Waals surface area contributed by atoms with Gasteiger partial charge in [-0.05, 0) is 19.9 Å². The number of carbonyl (C=O) groups is 1. The van der Waals surface area contributed by atoms with Crippen molar-refractivity contribution >= 4 is 21.5 Å². The van der Waals surface area contributed by atoms with E-state index in [1.54, 1.807) is 12.3 Å². The van der Waals surface area contributed by atoms with Crippen molar-refractivity contribution in [3.63, 3.8) is 0 Å². The molecule has 11 heteroatoms. The van der Waals surface area contributed by atoms with Gasteiger partial charge in [-0.3, -0.25) is 0 Å². The van der Waals surface area contributed by atoms with Gasteiger partial charge in [-0.25, -0.2) is 27.7 Å². The van der Waals surface area contributed by atoms with Crippen molar-refractivity contribution in [3.05, 3.63) is 31.0 Å². The van der Waals surface area contributed by atoms with Gasteiger partial charge in [-0.15, -0.1) is 5.10 Å². The summed E-state index contributed by atoms with van der Waals surface area (Å²) < 4.78 is 27.6. The molecule has 3 aromatic rings. The number of hydrogen-bond donors (Lipinski definition) is 0. The summed E-state index contributed by atoms with van der Waals surface area (Å²) in [6.45, 7) is 4.60. The van der Waals surface area contributed by atoms with E-state index in [1.165, 1.54) is 21.8 Å². The molecule has 0 atom stereocenters. The van der Waals surface area contributed by atoms with Gasteiger partial charge >= 0.3 is 6.03 Å². The maximum atomic E-state index is 12.7. The van der Waals surface area contributed by atoms with Gasteiger partial charge in [-0.2, -0.15) is 9.78 Å². The molecule has 0 aliphatic carbocycles. The molecule has 0 spiro atoms. The summed E-state index contributed by atoms with van der Waals surface area (Å²) in [6.07, 6.45) is 5.32. The van der Waals surface area contributed by atoms with Crippen molar-refractivity contribution in [2.24, 2.45) is 0 Å². The van der Waals surface area contributed by atoms with Crippen molar-refractivity contribution in [1.29, 1.82) is 0 Å². The SMILES string of the molecule is CCN(CC)C(=O)n1cnc(S(=O)(=O)c2cnn3cccnc23)n1. The van der Waals surface area contributed by atoms with E-state index in [2.05, 4.69) is 20.2 Å². The highest BCUT2D eigenvalue weighted by atomic mass is 32.2. The topological polar surface area (TPSA) is 115 Å². The summed E-state index contributed by atoms with van der Waals surface area (Å²) in [5.41, 5.74) is 0.170. The van der Waals surface area contributed by atoms with E-state index < -0.39 is 21.0 Å². The van der Waals surface area contributed by atoms with Gasteiger partial charge in [0.2, 0.25) is 9.84 Å². The molecule has 126 valence electrons. The van der Waals surface area contributed by atoms with Crippen LogP contribution in [0.1, 0.15) is 13.8 Å². The van der Waals surface area contributed by atoms with Crippen LogP contribution in [0.4, 0.5) is 4.79 Å². The molecule has 0 fully saturated rings. The highest BCUT2D eigenvalue weighted by molar-refractivity contribution is 7.91. The fourth-order valence-corrected chi connectivity index (χ4v) is 3.35. The summed E-state index contributed by atoms with van der Waals surface area (Å²) in [5, 5.41) is 7.30. The minimum absolute atomic E-state index is 0.115. The minimum Gasteiger partial charge on any atom is -0.323 e. The summed E-state index contributed by atoms with van der Waals surface area (Å²) in [5.74, 6) is 0. The molecule has 1 amide bonds. The van der Waals surface area contributed by atoms with Crippen molar-refractivity contribution in [1.82, 2.24) is 34.3 Å². The van der Waals surface area contributed by atoms with Gasteiger partial charge in [0.25, 0.3) is 5.16 Å². The van der Waals surface area contributed by atoms with Crippen LogP contribution in [0.15, 0.2) is 41.0 Å². The molecule has 0 bridgehead atoms. The monoisotopic (exact) mass is 349 g/mol. The van der Waals surface area contributed by atoms with E-state index in [9.17, 15) is 13.2 Å². The quantitative estimate of drug-likeness (QED) is 0.672. The second-order valence-corrected chi connectivity index (χ2v) is 6.64. The van der Waals surface area contributed by atoms with Crippen molar-refractivity contribution in [2.45, 2.75) is 23.9 Å². The van der Waals surface area contributed by atoms with Crippen LogP contribution in [-0.2, 0) is 9.84 Å². The van der Waals surface area contributed by atoms with E-state index >= 15 is 0 Å². The molecule has 0 aromatic carbocycles. The highest BCUT2D eigenvalue weighted by Crippen LogP contribution is 2.20. The number of amides is 1. The third-order valence-corrected chi connectivity index (χ3v) is 5.01. The number of carbonyl (C=O) groups excluding carboxylic acids is 1. The smallest absolute Gasteiger partial charge is 0.323 e. The molecule has 0 aliphatic rings. The van der Waals surface area contributed by atoms with E-state index in [0.717, 1.165) is 11.0 Å². The molecule has 0 saturated carbocycles. The van der Waals surface area contributed by atoms with Crippen LogP contribution < -0.4 is 0 Å². The Morgan fingerprint density at radius 2 is 2.00 bits per heavy atom. The van der Waals surface area contributed by atoms with Crippen LogP contribution in [0.3, 0.4) is 0 Å². The molecule has 3 aromatic heterocycles. The predicted molar refractivity (Wildman–Crippen MR) is 82.2 cm³/mol. The fourth-order valence-electron chi connectivity index (χ4n) is 2.20. The van der Waals surface area contributed by atoms with Gasteiger partial charge in [-0.1, -0.05) is 0 Å². The Balaban J connectivity index is 2.01. The molecule has 0 saturated heterocycles. The second-order valence-electron chi connectivity index (χ2n) is 4.83. The lowest BCUT2D eigenvalue weighted by Crippen LogP contribution is -2.34. The number of fused-ring (bicyclic) bond motifs is 1. The lowest BCUT2D eigenvalue weighted by atomic mass is 10.5. The van der Waals surface area contributed by atoms with Crippen LogP contribution in [0, 0.1) is 0 Å². The first kappa shape index (κ1) is 16.1. The molecule has 0 aliphatic heterocycles. The Kier molecular flexibility index (Phi) is 4.01. The number of aromatic nitrogens is 6. The number of hydrogen-bond acceptors (Lipinski definition) is 7. The second kappa shape index (κ2) is 6.00. The van der Waals surface area contributed by atoms with Crippen LogP contribution in [0.2, 0.25) is 0 Å². The molecule has 0 radical (unpaired) electrons. The Hall–Kier alpha value is -2.82. The maximum Gasteiger partial charge on any atom is 0.346 e. The van der Waals surface area contributed by atoms with E-state index in [0.29, 0.717) is 13.1 Å². The third kappa shape index (κ3) is 2.52. The molecular formula is C13H15N7O3S. The highest BCUT2D eigenvalue weighted by Gasteiger charge is 2.28. The summed E-state index contributed by atoms with van der Waals surface area (Å²) >= 11 is 0. The van der Waals surface area contributed by atoms with Gasteiger partial charge < -0.3 is 4.90 Å². The maximum absolute atomic E-state index is 12.7. The minimum atomic E-state index is -4.03.